The van der Waals surface area contributed by atoms with Gasteiger partial charge in [0, 0.05) is 5.69 Å². The fraction of sp³-hybridized carbons (Fsp3) is 0.350. The molecule has 1 fully saturated rings. The molecule has 0 aliphatic heterocycles. The Kier molecular flexibility index (Phi) is 5.30. The topological polar surface area (TPSA) is 38.3 Å². The molecule has 23 heavy (non-hydrogen) atoms. The number of para-hydroxylation sites is 2. The number of benzene rings is 2. The summed E-state index contributed by atoms with van der Waals surface area (Å²) in [6.07, 6.45) is 7.07. The van der Waals surface area contributed by atoms with Crippen molar-refractivity contribution in [3.8, 4) is 5.75 Å². The van der Waals surface area contributed by atoms with Crippen molar-refractivity contribution in [2.24, 2.45) is 0 Å². The molecule has 0 unspecified atom stereocenters. The van der Waals surface area contributed by atoms with Crippen LogP contribution in [0.4, 0.5) is 10.5 Å². The third kappa shape index (κ3) is 4.35. The highest BCUT2D eigenvalue weighted by atomic mass is 16.6. The maximum atomic E-state index is 12.2. The van der Waals surface area contributed by atoms with Gasteiger partial charge < -0.3 is 4.74 Å². The number of amides is 1. The number of hydrogen-bond acceptors (Lipinski definition) is 2. The summed E-state index contributed by atoms with van der Waals surface area (Å²) in [6, 6.07) is 17.3. The van der Waals surface area contributed by atoms with E-state index in [2.05, 4.69) is 11.4 Å². The zero-order valence-electron chi connectivity index (χ0n) is 13.3. The van der Waals surface area contributed by atoms with Crippen molar-refractivity contribution in [2.75, 3.05) is 5.32 Å². The van der Waals surface area contributed by atoms with Crippen LogP contribution in [0.25, 0.3) is 0 Å². The molecule has 1 aliphatic rings. The van der Waals surface area contributed by atoms with Gasteiger partial charge in [-0.2, -0.15) is 0 Å². The predicted molar refractivity (Wildman–Crippen MR) is 93.0 cm³/mol. The van der Waals surface area contributed by atoms with Crippen molar-refractivity contribution in [2.45, 2.75) is 44.4 Å². The second-order valence-corrected chi connectivity index (χ2v) is 6.11. The molecule has 0 saturated heterocycles. The molecule has 1 N–H and O–H groups in total. The highest BCUT2D eigenvalue weighted by Gasteiger charge is 2.19. The number of anilines is 1. The van der Waals surface area contributed by atoms with E-state index in [1.54, 1.807) is 0 Å². The first kappa shape index (κ1) is 15.6. The van der Waals surface area contributed by atoms with Gasteiger partial charge >= 0.3 is 6.09 Å². The monoisotopic (exact) mass is 309 g/mol. The van der Waals surface area contributed by atoms with Crippen molar-refractivity contribution >= 4 is 11.8 Å². The third-order valence-corrected chi connectivity index (χ3v) is 4.44. The number of nitrogens with one attached hydrogen (secondary N) is 1. The van der Waals surface area contributed by atoms with E-state index >= 15 is 0 Å². The Morgan fingerprint density at radius 1 is 0.870 bits per heavy atom. The molecule has 0 aromatic heterocycles. The van der Waals surface area contributed by atoms with Gasteiger partial charge in [0.05, 0.1) is 0 Å². The molecule has 2 aromatic rings. The van der Waals surface area contributed by atoms with Crippen LogP contribution in [0, 0.1) is 0 Å². The number of carbonyl (C=O) groups excluding carboxylic acids is 1. The van der Waals surface area contributed by atoms with Gasteiger partial charge in [-0.05, 0) is 42.5 Å². The fourth-order valence-corrected chi connectivity index (χ4v) is 3.27. The van der Waals surface area contributed by atoms with Crippen molar-refractivity contribution in [3.05, 3.63) is 60.2 Å². The van der Waals surface area contributed by atoms with E-state index in [0.29, 0.717) is 11.7 Å². The minimum absolute atomic E-state index is 0.433. The van der Waals surface area contributed by atoms with Crippen LogP contribution < -0.4 is 10.1 Å². The standard InChI is InChI=1S/C20H23NO2/c22-20(21-17-12-6-3-7-13-17)23-19-15-9-8-14-18(19)16-10-4-1-2-5-11-16/h3,6-9,12-16H,1-2,4-5,10-11H2,(H,21,22). The predicted octanol–water partition coefficient (Wildman–Crippen LogP) is 5.74. The largest absolute Gasteiger partial charge is 0.417 e. The van der Waals surface area contributed by atoms with E-state index < -0.39 is 6.09 Å². The lowest BCUT2D eigenvalue weighted by Gasteiger charge is -2.18. The summed E-state index contributed by atoms with van der Waals surface area (Å²) in [5.74, 6) is 1.19. The molecule has 0 spiro atoms. The molecular weight excluding hydrogens is 286 g/mol. The molecule has 120 valence electrons. The summed E-state index contributed by atoms with van der Waals surface area (Å²) < 4.78 is 5.59. The number of ether oxygens (including phenoxy) is 1. The summed E-state index contributed by atoms with van der Waals surface area (Å²) >= 11 is 0. The van der Waals surface area contributed by atoms with Crippen LogP contribution in [0.5, 0.6) is 5.75 Å². The highest BCUT2D eigenvalue weighted by molar-refractivity contribution is 5.86. The Hall–Kier alpha value is -2.29. The SMILES string of the molecule is O=C(Nc1ccccc1)Oc1ccccc1C1CCCCCC1. The quantitative estimate of drug-likeness (QED) is 0.735. The number of rotatable bonds is 3. The average Bonchev–Trinajstić information content (AvgIpc) is 2.85. The van der Waals surface area contributed by atoms with Gasteiger partial charge in [0.1, 0.15) is 5.75 Å². The molecule has 3 heteroatoms. The van der Waals surface area contributed by atoms with Gasteiger partial charge in [0.2, 0.25) is 0 Å². The Bertz CT molecular complexity index is 631. The first-order valence-corrected chi connectivity index (χ1v) is 8.46. The van der Waals surface area contributed by atoms with Crippen molar-refractivity contribution in [3.63, 3.8) is 0 Å². The molecule has 1 amide bonds. The van der Waals surface area contributed by atoms with Crippen LogP contribution in [-0.2, 0) is 0 Å². The smallest absolute Gasteiger partial charge is 0.410 e. The zero-order chi connectivity index (χ0) is 15.9. The van der Waals surface area contributed by atoms with E-state index in [0.717, 1.165) is 11.3 Å². The maximum Gasteiger partial charge on any atom is 0.417 e. The second kappa shape index (κ2) is 7.82. The van der Waals surface area contributed by atoms with Crippen LogP contribution in [0.1, 0.15) is 50.0 Å². The lowest BCUT2D eigenvalue weighted by atomic mass is 9.91. The normalized spacial score (nSPS) is 15.7. The van der Waals surface area contributed by atoms with Gasteiger partial charge in [-0.15, -0.1) is 0 Å². The van der Waals surface area contributed by atoms with Crippen molar-refractivity contribution in [1.29, 1.82) is 0 Å². The Balaban J connectivity index is 1.71. The van der Waals surface area contributed by atoms with Crippen LogP contribution in [-0.4, -0.2) is 6.09 Å². The van der Waals surface area contributed by atoms with E-state index in [-0.39, 0.29) is 0 Å². The van der Waals surface area contributed by atoms with Gasteiger partial charge in [0.25, 0.3) is 0 Å². The van der Waals surface area contributed by atoms with Crippen LogP contribution >= 0.6 is 0 Å². The minimum atomic E-state index is -0.433. The van der Waals surface area contributed by atoms with E-state index in [4.69, 9.17) is 4.74 Å². The summed E-state index contributed by atoms with van der Waals surface area (Å²) in [5.41, 5.74) is 1.90. The first-order valence-electron chi connectivity index (χ1n) is 8.46. The maximum absolute atomic E-state index is 12.2. The minimum Gasteiger partial charge on any atom is -0.410 e. The third-order valence-electron chi connectivity index (χ3n) is 4.44. The van der Waals surface area contributed by atoms with Gasteiger partial charge in [-0.25, -0.2) is 4.79 Å². The summed E-state index contributed by atoms with van der Waals surface area (Å²) in [7, 11) is 0. The average molecular weight is 309 g/mol. The van der Waals surface area contributed by atoms with Gasteiger partial charge in [-0.1, -0.05) is 62.1 Å². The fourth-order valence-electron chi connectivity index (χ4n) is 3.27. The molecule has 0 heterocycles. The van der Waals surface area contributed by atoms with Crippen LogP contribution in [0.2, 0.25) is 0 Å². The van der Waals surface area contributed by atoms with E-state index in [1.165, 1.54) is 38.5 Å². The molecule has 0 bridgehead atoms. The summed E-state index contributed by atoms with van der Waals surface area (Å²) in [6.45, 7) is 0. The molecule has 2 aromatic carbocycles. The number of hydrogen-bond donors (Lipinski definition) is 1. The zero-order valence-corrected chi connectivity index (χ0v) is 13.3. The molecule has 0 atom stereocenters. The van der Waals surface area contributed by atoms with E-state index in [1.807, 2.05) is 48.5 Å². The van der Waals surface area contributed by atoms with Crippen molar-refractivity contribution < 1.29 is 9.53 Å². The van der Waals surface area contributed by atoms with Gasteiger partial charge in [-0.3, -0.25) is 5.32 Å². The highest BCUT2D eigenvalue weighted by Crippen LogP contribution is 2.36. The molecule has 3 rings (SSSR count). The lowest BCUT2D eigenvalue weighted by molar-refractivity contribution is 0.214. The van der Waals surface area contributed by atoms with Crippen LogP contribution in [0.15, 0.2) is 54.6 Å². The number of carbonyl (C=O) groups is 1. The van der Waals surface area contributed by atoms with Crippen LogP contribution in [0.3, 0.4) is 0 Å². The second-order valence-electron chi connectivity index (χ2n) is 6.11. The van der Waals surface area contributed by atoms with E-state index in [9.17, 15) is 4.79 Å². The summed E-state index contributed by atoms with van der Waals surface area (Å²) in [4.78, 5) is 12.2. The van der Waals surface area contributed by atoms with Crippen molar-refractivity contribution in [1.82, 2.24) is 0 Å². The molecule has 3 nitrogen and oxygen atoms in total. The Morgan fingerprint density at radius 2 is 1.52 bits per heavy atom. The molecule has 1 aliphatic carbocycles. The first-order chi connectivity index (χ1) is 11.3. The summed E-state index contributed by atoms with van der Waals surface area (Å²) in [5, 5.41) is 2.77. The van der Waals surface area contributed by atoms with Gasteiger partial charge in [0.15, 0.2) is 0 Å². The molecular formula is C20H23NO2. The molecule has 1 saturated carbocycles. The lowest BCUT2D eigenvalue weighted by Crippen LogP contribution is -2.17. The Labute approximate surface area is 137 Å². The Morgan fingerprint density at radius 3 is 2.26 bits per heavy atom. The molecule has 0 radical (unpaired) electrons.